The second kappa shape index (κ2) is 6.79. The lowest BCUT2D eigenvalue weighted by atomic mass is 9.95. The number of amides is 1. The Morgan fingerprint density at radius 1 is 1.25 bits per heavy atom. The minimum Gasteiger partial charge on any atom is -0.366 e. The van der Waals surface area contributed by atoms with Gasteiger partial charge in [0.2, 0.25) is 0 Å². The number of hydrogen-bond acceptors (Lipinski definition) is 3. The van der Waals surface area contributed by atoms with Gasteiger partial charge in [-0.3, -0.25) is 9.52 Å². The molecule has 1 aromatic heterocycles. The van der Waals surface area contributed by atoms with Crippen LogP contribution in [0.4, 0.5) is 10.1 Å². The summed E-state index contributed by atoms with van der Waals surface area (Å²) in [5.41, 5.74) is 8.48. The number of aromatic amines is 1. The molecule has 0 aliphatic heterocycles. The van der Waals surface area contributed by atoms with Crippen molar-refractivity contribution in [1.82, 2.24) is 4.98 Å². The highest BCUT2D eigenvalue weighted by atomic mass is 32.2. The van der Waals surface area contributed by atoms with Crippen molar-refractivity contribution in [3.63, 3.8) is 0 Å². The molecule has 1 heterocycles. The number of sulfonamides is 1. The number of fused-ring (bicyclic) bond motifs is 1. The Bertz CT molecular complexity index is 1240. The molecule has 0 saturated carbocycles. The van der Waals surface area contributed by atoms with Crippen LogP contribution in [0.5, 0.6) is 0 Å². The van der Waals surface area contributed by atoms with Crippen molar-refractivity contribution in [2.75, 3.05) is 4.72 Å². The SMILES string of the molecule is C=C(C)S(=O)(=O)Nc1cccc(-c2c(F)cc(C(N)=O)c3[nH]c(C)c(C)c23)c1. The number of anilines is 1. The van der Waals surface area contributed by atoms with E-state index in [4.69, 9.17) is 5.73 Å². The third-order valence-electron chi connectivity index (χ3n) is 4.66. The molecular formula is C20H20FN3O3S. The zero-order valence-corrected chi connectivity index (χ0v) is 16.5. The maximum absolute atomic E-state index is 15.0. The standard InChI is InChI=1S/C20H20FN3O3S/c1-10(2)28(26,27)24-14-7-5-6-13(8-14)18-16(21)9-15(20(22)25)19-17(18)11(3)12(4)23-19/h5-9,23-24H,1H2,2-4H3,(H2,22,25). The van der Waals surface area contributed by atoms with Crippen LogP contribution in [0.25, 0.3) is 22.0 Å². The molecule has 3 aromatic rings. The lowest BCUT2D eigenvalue weighted by Crippen LogP contribution is -2.13. The van der Waals surface area contributed by atoms with Gasteiger partial charge in [0.15, 0.2) is 0 Å². The first kappa shape index (κ1) is 19.6. The lowest BCUT2D eigenvalue weighted by molar-refractivity contribution is 0.100. The van der Waals surface area contributed by atoms with Crippen molar-refractivity contribution >= 4 is 32.5 Å². The second-order valence-electron chi connectivity index (χ2n) is 6.66. The van der Waals surface area contributed by atoms with Crippen LogP contribution in [0, 0.1) is 19.7 Å². The largest absolute Gasteiger partial charge is 0.366 e. The summed E-state index contributed by atoms with van der Waals surface area (Å²) in [5, 5.41) is 0.534. The number of carbonyl (C=O) groups is 1. The van der Waals surface area contributed by atoms with E-state index in [1.54, 1.807) is 18.2 Å². The van der Waals surface area contributed by atoms with E-state index in [1.807, 2.05) is 13.8 Å². The van der Waals surface area contributed by atoms with Crippen LogP contribution in [-0.2, 0) is 10.0 Å². The monoisotopic (exact) mass is 401 g/mol. The van der Waals surface area contributed by atoms with Crippen molar-refractivity contribution < 1.29 is 17.6 Å². The van der Waals surface area contributed by atoms with Crippen molar-refractivity contribution in [3.05, 3.63) is 64.5 Å². The molecule has 0 bridgehead atoms. The van der Waals surface area contributed by atoms with Gasteiger partial charge in [0, 0.05) is 22.3 Å². The van der Waals surface area contributed by atoms with Gasteiger partial charge in [0.1, 0.15) is 5.82 Å². The van der Waals surface area contributed by atoms with Crippen LogP contribution in [-0.4, -0.2) is 19.3 Å². The van der Waals surface area contributed by atoms with Crippen LogP contribution < -0.4 is 10.5 Å². The van der Waals surface area contributed by atoms with E-state index in [1.165, 1.54) is 13.0 Å². The fourth-order valence-corrected chi connectivity index (χ4v) is 3.69. The summed E-state index contributed by atoms with van der Waals surface area (Å²) < 4.78 is 41.6. The summed E-state index contributed by atoms with van der Waals surface area (Å²) >= 11 is 0. The Labute approximate surface area is 162 Å². The van der Waals surface area contributed by atoms with Gasteiger partial charge in [0.25, 0.3) is 15.9 Å². The van der Waals surface area contributed by atoms with Crippen molar-refractivity contribution in [3.8, 4) is 11.1 Å². The predicted molar refractivity (Wildman–Crippen MR) is 109 cm³/mol. The highest BCUT2D eigenvalue weighted by Gasteiger charge is 2.21. The van der Waals surface area contributed by atoms with E-state index >= 15 is 4.39 Å². The van der Waals surface area contributed by atoms with E-state index in [2.05, 4.69) is 16.3 Å². The maximum atomic E-state index is 15.0. The number of rotatable bonds is 5. The summed E-state index contributed by atoms with van der Waals surface area (Å²) in [6.07, 6.45) is 0. The van der Waals surface area contributed by atoms with Crippen LogP contribution in [0.15, 0.2) is 41.8 Å². The number of halogens is 1. The van der Waals surface area contributed by atoms with E-state index in [-0.39, 0.29) is 21.7 Å². The van der Waals surface area contributed by atoms with Crippen LogP contribution in [0.1, 0.15) is 28.5 Å². The number of allylic oxidation sites excluding steroid dienone is 1. The molecule has 3 rings (SSSR count). The zero-order chi connectivity index (χ0) is 20.8. The molecule has 8 heteroatoms. The van der Waals surface area contributed by atoms with Crippen molar-refractivity contribution in [1.29, 1.82) is 0 Å². The molecule has 146 valence electrons. The zero-order valence-electron chi connectivity index (χ0n) is 15.7. The molecule has 2 aromatic carbocycles. The molecule has 28 heavy (non-hydrogen) atoms. The first-order valence-electron chi connectivity index (χ1n) is 8.43. The molecule has 0 spiro atoms. The van der Waals surface area contributed by atoms with E-state index in [9.17, 15) is 13.2 Å². The lowest BCUT2D eigenvalue weighted by Gasteiger charge is -2.12. The number of nitrogens with one attached hydrogen (secondary N) is 2. The minimum absolute atomic E-state index is 0.0330. The number of carbonyl (C=O) groups excluding carboxylic acids is 1. The maximum Gasteiger partial charge on any atom is 0.257 e. The van der Waals surface area contributed by atoms with E-state index in [0.717, 1.165) is 17.3 Å². The summed E-state index contributed by atoms with van der Waals surface area (Å²) in [4.78, 5) is 14.8. The van der Waals surface area contributed by atoms with Gasteiger partial charge >= 0.3 is 0 Å². The van der Waals surface area contributed by atoms with Crippen LogP contribution >= 0.6 is 0 Å². The number of H-pyrrole nitrogens is 1. The Morgan fingerprint density at radius 3 is 2.54 bits per heavy atom. The number of hydrogen-bond donors (Lipinski definition) is 3. The smallest absolute Gasteiger partial charge is 0.257 e. The predicted octanol–water partition coefficient (Wildman–Crippen LogP) is 3.97. The minimum atomic E-state index is -3.73. The third kappa shape index (κ3) is 3.27. The van der Waals surface area contributed by atoms with Gasteiger partial charge in [0.05, 0.1) is 16.0 Å². The average Bonchev–Trinajstić information content (AvgIpc) is 2.89. The summed E-state index contributed by atoms with van der Waals surface area (Å²) in [6.45, 7) is 8.45. The van der Waals surface area contributed by atoms with Crippen LogP contribution in [0.3, 0.4) is 0 Å². The Morgan fingerprint density at radius 2 is 1.93 bits per heavy atom. The molecule has 0 aliphatic carbocycles. The second-order valence-corrected chi connectivity index (χ2v) is 8.57. The molecule has 0 atom stereocenters. The fraction of sp³-hybridized carbons (Fsp3) is 0.150. The average molecular weight is 401 g/mol. The fourth-order valence-electron chi connectivity index (χ4n) is 3.08. The van der Waals surface area contributed by atoms with Gasteiger partial charge in [-0.1, -0.05) is 18.7 Å². The molecule has 1 amide bonds. The Kier molecular flexibility index (Phi) is 4.76. The number of nitrogens with two attached hydrogens (primary N) is 1. The molecule has 6 nitrogen and oxygen atoms in total. The molecule has 0 aliphatic rings. The molecule has 4 N–H and O–H groups in total. The Balaban J connectivity index is 2.27. The molecule has 0 unspecified atom stereocenters. The topological polar surface area (TPSA) is 105 Å². The first-order valence-corrected chi connectivity index (χ1v) is 9.91. The summed E-state index contributed by atoms with van der Waals surface area (Å²) in [5.74, 6) is -1.36. The quantitative estimate of drug-likeness (QED) is 0.602. The number of aromatic nitrogens is 1. The molecule has 0 fully saturated rings. The van der Waals surface area contributed by atoms with Gasteiger partial charge in [-0.25, -0.2) is 12.8 Å². The van der Waals surface area contributed by atoms with Gasteiger partial charge in [-0.15, -0.1) is 0 Å². The van der Waals surface area contributed by atoms with Crippen molar-refractivity contribution in [2.45, 2.75) is 20.8 Å². The first-order chi connectivity index (χ1) is 13.0. The number of benzene rings is 2. The van der Waals surface area contributed by atoms with E-state index < -0.39 is 21.7 Å². The van der Waals surface area contributed by atoms with Crippen molar-refractivity contribution in [2.24, 2.45) is 5.73 Å². The van der Waals surface area contributed by atoms with Gasteiger partial charge in [-0.2, -0.15) is 0 Å². The van der Waals surface area contributed by atoms with E-state index in [0.29, 0.717) is 16.5 Å². The Hall–Kier alpha value is -3.13. The number of aryl methyl sites for hydroxylation is 2. The summed E-state index contributed by atoms with van der Waals surface area (Å²) in [6, 6.07) is 7.48. The summed E-state index contributed by atoms with van der Waals surface area (Å²) in [7, 11) is -3.73. The molecule has 0 saturated heterocycles. The normalized spacial score (nSPS) is 11.6. The highest BCUT2D eigenvalue weighted by molar-refractivity contribution is 7.96. The van der Waals surface area contributed by atoms with Crippen LogP contribution in [0.2, 0.25) is 0 Å². The molecule has 0 radical (unpaired) electrons. The molecular weight excluding hydrogens is 381 g/mol. The number of primary amides is 1. The van der Waals surface area contributed by atoms with Gasteiger partial charge < -0.3 is 10.7 Å². The highest BCUT2D eigenvalue weighted by Crippen LogP contribution is 2.37. The third-order valence-corrected chi connectivity index (χ3v) is 6.08. The van der Waals surface area contributed by atoms with Gasteiger partial charge in [-0.05, 0) is 50.1 Å².